The van der Waals surface area contributed by atoms with Crippen LogP contribution in [0.3, 0.4) is 0 Å². The van der Waals surface area contributed by atoms with E-state index in [4.69, 9.17) is 4.74 Å². The molecule has 4 rings (SSSR count). The van der Waals surface area contributed by atoms with Crippen molar-refractivity contribution in [1.29, 1.82) is 0 Å². The maximum absolute atomic E-state index is 14.2. The molecule has 0 bridgehead atoms. The Bertz CT molecular complexity index is 1120. The normalized spacial score (nSPS) is 41.6. The Morgan fingerprint density at radius 2 is 1.81 bits per heavy atom. The van der Waals surface area contributed by atoms with Crippen LogP contribution in [0.25, 0.3) is 0 Å². The fourth-order valence-electron chi connectivity index (χ4n) is 6.68. The van der Waals surface area contributed by atoms with E-state index in [-0.39, 0.29) is 23.8 Å². The Labute approximate surface area is 218 Å². The van der Waals surface area contributed by atoms with Gasteiger partial charge in [0.05, 0.1) is 12.2 Å². The predicted octanol–water partition coefficient (Wildman–Crippen LogP) is 2.85. The number of amides is 1. The zero-order chi connectivity index (χ0) is 27.1. The van der Waals surface area contributed by atoms with Crippen LogP contribution in [0.4, 0.5) is 0 Å². The summed E-state index contributed by atoms with van der Waals surface area (Å²) in [5, 5.41) is 36.7. The molecule has 4 N–H and O–H groups in total. The number of benzene rings is 1. The predicted molar refractivity (Wildman–Crippen MR) is 140 cm³/mol. The van der Waals surface area contributed by atoms with Gasteiger partial charge < -0.3 is 25.4 Å². The summed E-state index contributed by atoms with van der Waals surface area (Å²) in [6.45, 7) is 8.44. The molecule has 7 heteroatoms. The van der Waals surface area contributed by atoms with Crippen LogP contribution in [0, 0.1) is 23.2 Å². The quantitative estimate of drug-likeness (QED) is 0.368. The molecule has 37 heavy (non-hydrogen) atoms. The number of carbonyl (C=O) groups excluding carboxylic acids is 2. The minimum Gasteiger partial charge on any atom is -0.457 e. The third-order valence-electron chi connectivity index (χ3n) is 8.71. The van der Waals surface area contributed by atoms with Crippen molar-refractivity contribution in [2.24, 2.45) is 23.2 Å². The van der Waals surface area contributed by atoms with E-state index in [1.807, 2.05) is 63.3 Å². The van der Waals surface area contributed by atoms with Crippen LogP contribution in [0.1, 0.15) is 46.6 Å². The van der Waals surface area contributed by atoms with Crippen LogP contribution in [0.2, 0.25) is 0 Å². The average Bonchev–Trinajstić information content (AvgIpc) is 3.13. The fraction of sp³-hybridized carbons (Fsp3) is 0.533. The summed E-state index contributed by atoms with van der Waals surface area (Å²) in [5.41, 5.74) is -0.230. The molecule has 1 aromatic rings. The van der Waals surface area contributed by atoms with Crippen molar-refractivity contribution in [1.82, 2.24) is 5.32 Å². The lowest BCUT2D eigenvalue weighted by atomic mass is 9.54. The second-order valence-electron chi connectivity index (χ2n) is 11.2. The third-order valence-corrected chi connectivity index (χ3v) is 8.71. The monoisotopic (exact) mass is 509 g/mol. The van der Waals surface area contributed by atoms with Gasteiger partial charge in [0.2, 0.25) is 5.91 Å². The number of carbonyl (C=O) groups is 2. The highest BCUT2D eigenvalue weighted by molar-refractivity contribution is 5.89. The number of allylic oxidation sites excluding steroid dienone is 1. The summed E-state index contributed by atoms with van der Waals surface area (Å²) >= 11 is 0. The molecular weight excluding hydrogens is 470 g/mol. The lowest BCUT2D eigenvalue weighted by molar-refractivity contribution is -0.161. The van der Waals surface area contributed by atoms with Crippen LogP contribution >= 0.6 is 0 Å². The van der Waals surface area contributed by atoms with E-state index in [9.17, 15) is 24.9 Å². The summed E-state index contributed by atoms with van der Waals surface area (Å²) in [4.78, 5) is 26.6. The van der Waals surface area contributed by atoms with Crippen LogP contribution in [0.5, 0.6) is 0 Å². The number of esters is 1. The standard InChI is InChI=1S/C30H39NO6/c1-17-10-9-13-22-26(33)19(3)18(2)25-23(16-21-11-7-6-8-12-21)31-28(35)30(22,25)24(37-20(4)32)14-15-29(5,36)27(17)34/h6-9,11-15,17,22-27,33-34,36H,10,16H2,1-5H3,(H,31,35)/b13-9+,15-14+/t17?,22-,23-,24?,25?,26?,27?,29+,30?/m0/s1. The minimum absolute atomic E-state index is 0.296. The van der Waals surface area contributed by atoms with E-state index in [1.54, 1.807) is 0 Å². The topological polar surface area (TPSA) is 116 Å². The van der Waals surface area contributed by atoms with Crippen molar-refractivity contribution in [3.05, 3.63) is 71.3 Å². The highest BCUT2D eigenvalue weighted by atomic mass is 16.5. The third kappa shape index (κ3) is 4.69. The van der Waals surface area contributed by atoms with Gasteiger partial charge in [-0.25, -0.2) is 0 Å². The molecule has 1 fully saturated rings. The molecule has 0 aromatic heterocycles. The van der Waals surface area contributed by atoms with Crippen molar-refractivity contribution in [3.63, 3.8) is 0 Å². The highest BCUT2D eigenvalue weighted by Gasteiger charge is 2.67. The zero-order valence-corrected chi connectivity index (χ0v) is 22.2. The molecule has 1 spiro atoms. The molecule has 1 aromatic carbocycles. The molecule has 7 nitrogen and oxygen atoms in total. The van der Waals surface area contributed by atoms with E-state index in [1.165, 1.54) is 26.0 Å². The number of hydrogen-bond acceptors (Lipinski definition) is 6. The van der Waals surface area contributed by atoms with Gasteiger partial charge in [0.25, 0.3) is 0 Å². The van der Waals surface area contributed by atoms with Crippen molar-refractivity contribution < 1.29 is 29.6 Å². The van der Waals surface area contributed by atoms with E-state index in [2.05, 4.69) is 5.32 Å². The molecule has 1 amide bonds. The lowest BCUT2D eigenvalue weighted by Gasteiger charge is -2.49. The Balaban J connectivity index is 1.96. The van der Waals surface area contributed by atoms with Gasteiger partial charge in [0.1, 0.15) is 17.1 Å². The largest absolute Gasteiger partial charge is 0.457 e. The van der Waals surface area contributed by atoms with E-state index < -0.39 is 41.2 Å². The molecule has 2 aliphatic carbocycles. The number of hydrogen-bond donors (Lipinski definition) is 4. The van der Waals surface area contributed by atoms with Gasteiger partial charge in [0, 0.05) is 24.8 Å². The van der Waals surface area contributed by atoms with Gasteiger partial charge in [-0.15, -0.1) is 0 Å². The SMILES string of the molecule is CC(=O)OC1/C=C/[C@@](C)(O)C(O)C(C)C/C=C/[C@H]2C(O)C(C)=C(C)C3[C@H](Cc4ccccc4)NC(=O)C132. The maximum Gasteiger partial charge on any atom is 0.303 e. The van der Waals surface area contributed by atoms with E-state index in [0.29, 0.717) is 12.8 Å². The molecule has 0 radical (unpaired) electrons. The van der Waals surface area contributed by atoms with Gasteiger partial charge in [-0.3, -0.25) is 9.59 Å². The Hall–Kier alpha value is -2.74. The van der Waals surface area contributed by atoms with Gasteiger partial charge in [-0.1, -0.05) is 61.1 Å². The first-order chi connectivity index (χ1) is 17.4. The van der Waals surface area contributed by atoms with Crippen molar-refractivity contribution in [2.45, 2.75) is 77.4 Å². The molecule has 1 heterocycles. The first-order valence-electron chi connectivity index (χ1n) is 13.0. The molecule has 1 aliphatic heterocycles. The highest BCUT2D eigenvalue weighted by Crippen LogP contribution is 2.57. The van der Waals surface area contributed by atoms with Gasteiger partial charge in [-0.05, 0) is 56.7 Å². The van der Waals surface area contributed by atoms with Crippen LogP contribution < -0.4 is 5.32 Å². The summed E-state index contributed by atoms with van der Waals surface area (Å²) in [5.74, 6) is -2.26. The summed E-state index contributed by atoms with van der Waals surface area (Å²) in [6, 6.07) is 9.58. The average molecular weight is 510 g/mol. The Kier molecular flexibility index (Phi) is 7.52. The number of nitrogens with one attached hydrogen (secondary N) is 1. The summed E-state index contributed by atoms with van der Waals surface area (Å²) < 4.78 is 5.85. The minimum atomic E-state index is -1.62. The second kappa shape index (κ2) is 10.2. The molecule has 3 aliphatic rings. The molecule has 6 unspecified atom stereocenters. The number of ether oxygens (including phenoxy) is 1. The molecule has 1 saturated heterocycles. The summed E-state index contributed by atoms with van der Waals surface area (Å²) in [6.07, 6.45) is 4.52. The Morgan fingerprint density at radius 1 is 1.14 bits per heavy atom. The first-order valence-corrected chi connectivity index (χ1v) is 13.0. The molecule has 0 saturated carbocycles. The Morgan fingerprint density at radius 3 is 2.46 bits per heavy atom. The first kappa shape index (κ1) is 27.3. The number of aliphatic hydroxyl groups is 3. The summed E-state index contributed by atoms with van der Waals surface area (Å²) in [7, 11) is 0. The second-order valence-corrected chi connectivity index (χ2v) is 11.2. The smallest absolute Gasteiger partial charge is 0.303 e. The van der Waals surface area contributed by atoms with E-state index in [0.717, 1.165) is 16.7 Å². The number of rotatable bonds is 3. The molecular formula is C30H39NO6. The zero-order valence-electron chi connectivity index (χ0n) is 22.2. The van der Waals surface area contributed by atoms with Crippen molar-refractivity contribution in [3.8, 4) is 0 Å². The molecule has 9 atom stereocenters. The maximum atomic E-state index is 14.2. The van der Waals surface area contributed by atoms with Crippen LogP contribution in [0.15, 0.2) is 65.8 Å². The molecule has 200 valence electrons. The van der Waals surface area contributed by atoms with Crippen molar-refractivity contribution >= 4 is 11.9 Å². The van der Waals surface area contributed by atoms with E-state index >= 15 is 0 Å². The fourth-order valence-corrected chi connectivity index (χ4v) is 6.68. The van der Waals surface area contributed by atoms with Crippen LogP contribution in [-0.2, 0) is 20.7 Å². The van der Waals surface area contributed by atoms with Gasteiger partial charge in [0.15, 0.2) is 0 Å². The van der Waals surface area contributed by atoms with Crippen LogP contribution in [-0.4, -0.2) is 57.2 Å². The lowest BCUT2D eigenvalue weighted by Crippen LogP contribution is -2.58. The van der Waals surface area contributed by atoms with Crippen molar-refractivity contribution in [2.75, 3.05) is 0 Å². The number of aliphatic hydroxyl groups excluding tert-OH is 2. The van der Waals surface area contributed by atoms with Gasteiger partial charge >= 0.3 is 5.97 Å². The van der Waals surface area contributed by atoms with Gasteiger partial charge in [-0.2, -0.15) is 0 Å².